The van der Waals surface area contributed by atoms with E-state index in [1.807, 2.05) is 0 Å². The van der Waals surface area contributed by atoms with Crippen molar-refractivity contribution in [3.8, 4) is 0 Å². The van der Waals surface area contributed by atoms with Gasteiger partial charge in [0.2, 0.25) is 21.8 Å². The van der Waals surface area contributed by atoms with Crippen LogP contribution in [0.1, 0.15) is 12.5 Å². The summed E-state index contributed by atoms with van der Waals surface area (Å²) >= 11 is 12.5. The predicted molar refractivity (Wildman–Crippen MR) is 119 cm³/mol. The predicted octanol–water partition coefficient (Wildman–Crippen LogP) is 2.92. The number of carbonyl (C=O) groups excluding carboxylic acids is 2. The monoisotopic (exact) mass is 471 g/mol. The van der Waals surface area contributed by atoms with Crippen molar-refractivity contribution in [1.29, 1.82) is 0 Å². The molecule has 0 saturated heterocycles. The summed E-state index contributed by atoms with van der Waals surface area (Å²) in [5.74, 6) is -0.978. The molecule has 0 aliphatic rings. The normalized spacial score (nSPS) is 12.2. The molecule has 10 heteroatoms. The molecule has 0 spiro atoms. The maximum absolute atomic E-state index is 13.2. The average Bonchev–Trinajstić information content (AvgIpc) is 2.70. The zero-order valence-corrected chi connectivity index (χ0v) is 19.1. The van der Waals surface area contributed by atoms with E-state index in [9.17, 15) is 18.0 Å². The third-order valence-corrected chi connectivity index (χ3v) is 6.38. The van der Waals surface area contributed by atoms with Crippen LogP contribution in [0.5, 0.6) is 0 Å². The molecule has 0 fully saturated rings. The first-order valence-electron chi connectivity index (χ1n) is 9.03. The Morgan fingerprint density at radius 3 is 2.10 bits per heavy atom. The minimum atomic E-state index is -3.75. The van der Waals surface area contributed by atoms with Crippen LogP contribution in [0.15, 0.2) is 48.5 Å². The Bertz CT molecular complexity index is 996. The van der Waals surface area contributed by atoms with Crippen molar-refractivity contribution < 1.29 is 18.0 Å². The summed E-state index contributed by atoms with van der Waals surface area (Å²) in [4.78, 5) is 26.7. The minimum absolute atomic E-state index is 0.0572. The van der Waals surface area contributed by atoms with Gasteiger partial charge in [0.25, 0.3) is 0 Å². The van der Waals surface area contributed by atoms with E-state index in [-0.39, 0.29) is 6.54 Å². The van der Waals surface area contributed by atoms with Crippen molar-refractivity contribution in [1.82, 2.24) is 10.2 Å². The van der Waals surface area contributed by atoms with Gasteiger partial charge in [0.05, 0.1) is 11.9 Å². The molecule has 0 aliphatic carbocycles. The summed E-state index contributed by atoms with van der Waals surface area (Å²) in [6, 6.07) is 12.3. The van der Waals surface area contributed by atoms with Crippen LogP contribution in [0.3, 0.4) is 0 Å². The summed E-state index contributed by atoms with van der Waals surface area (Å²) in [6.45, 7) is 1.01. The van der Waals surface area contributed by atoms with Gasteiger partial charge in [-0.1, -0.05) is 47.5 Å². The maximum Gasteiger partial charge on any atom is 0.244 e. The SMILES string of the molecule is CNC(=O)[C@H](C)N(Cc1c(Cl)cccc1Cl)C(=O)CN(c1ccccc1)S(C)(=O)=O. The van der Waals surface area contributed by atoms with Crippen LogP contribution in [0.2, 0.25) is 10.0 Å². The van der Waals surface area contributed by atoms with Crippen LogP contribution in [-0.4, -0.2) is 51.0 Å². The molecule has 7 nitrogen and oxygen atoms in total. The molecule has 1 N–H and O–H groups in total. The summed E-state index contributed by atoms with van der Waals surface area (Å²) in [5, 5.41) is 3.18. The Labute approximate surface area is 186 Å². The van der Waals surface area contributed by atoms with E-state index in [1.54, 1.807) is 55.5 Å². The summed E-state index contributed by atoms with van der Waals surface area (Å²) in [6.07, 6.45) is 1.02. The number of likely N-dealkylation sites (N-methyl/N-ethyl adjacent to an activating group) is 1. The number of sulfonamides is 1. The number of nitrogens with zero attached hydrogens (tertiary/aromatic N) is 2. The second-order valence-electron chi connectivity index (χ2n) is 6.62. The largest absolute Gasteiger partial charge is 0.357 e. The lowest BCUT2D eigenvalue weighted by molar-refractivity contribution is -0.139. The van der Waals surface area contributed by atoms with Crippen molar-refractivity contribution in [2.24, 2.45) is 0 Å². The number of rotatable bonds is 8. The second kappa shape index (κ2) is 10.1. The van der Waals surface area contributed by atoms with E-state index in [1.165, 1.54) is 11.9 Å². The highest BCUT2D eigenvalue weighted by Crippen LogP contribution is 2.27. The van der Waals surface area contributed by atoms with E-state index in [4.69, 9.17) is 23.2 Å². The fourth-order valence-corrected chi connectivity index (χ4v) is 4.22. The summed E-state index contributed by atoms with van der Waals surface area (Å²) in [7, 11) is -2.30. The molecule has 2 aromatic rings. The minimum Gasteiger partial charge on any atom is -0.357 e. The number of para-hydroxylation sites is 1. The first-order valence-corrected chi connectivity index (χ1v) is 11.6. The Kier molecular flexibility index (Phi) is 8.11. The number of anilines is 1. The van der Waals surface area contributed by atoms with Crippen molar-refractivity contribution >= 4 is 50.7 Å². The number of hydrogen-bond acceptors (Lipinski definition) is 4. The molecule has 0 heterocycles. The number of hydrogen-bond donors (Lipinski definition) is 1. The molecule has 0 unspecified atom stereocenters. The van der Waals surface area contributed by atoms with Crippen LogP contribution in [0.4, 0.5) is 5.69 Å². The molecular weight excluding hydrogens is 449 g/mol. The molecule has 0 bridgehead atoms. The number of carbonyl (C=O) groups is 2. The number of nitrogens with one attached hydrogen (secondary N) is 1. The molecule has 30 heavy (non-hydrogen) atoms. The fraction of sp³-hybridized carbons (Fsp3) is 0.300. The van der Waals surface area contributed by atoms with Gasteiger partial charge >= 0.3 is 0 Å². The van der Waals surface area contributed by atoms with Gasteiger partial charge in [-0.2, -0.15) is 0 Å². The van der Waals surface area contributed by atoms with Crippen molar-refractivity contribution in [2.75, 3.05) is 24.2 Å². The zero-order valence-electron chi connectivity index (χ0n) is 16.8. The lowest BCUT2D eigenvalue weighted by atomic mass is 10.1. The first-order chi connectivity index (χ1) is 14.1. The number of amides is 2. The van der Waals surface area contributed by atoms with Crippen molar-refractivity contribution in [3.63, 3.8) is 0 Å². The first kappa shape index (κ1) is 24.0. The fourth-order valence-electron chi connectivity index (χ4n) is 2.85. The second-order valence-corrected chi connectivity index (χ2v) is 9.34. The van der Waals surface area contributed by atoms with Gasteiger partial charge in [0.15, 0.2) is 0 Å². The standard InChI is InChI=1S/C20H23Cl2N3O4S/c1-14(20(27)23-2)24(12-16-17(21)10-7-11-18(16)22)19(26)13-25(30(3,28)29)15-8-5-4-6-9-15/h4-11,14H,12-13H2,1-3H3,(H,23,27)/t14-/m0/s1. The van der Waals surface area contributed by atoms with Crippen LogP contribution >= 0.6 is 23.2 Å². The van der Waals surface area contributed by atoms with Gasteiger partial charge in [-0.25, -0.2) is 8.42 Å². The third kappa shape index (κ3) is 5.87. The van der Waals surface area contributed by atoms with E-state index in [0.717, 1.165) is 10.6 Å². The highest BCUT2D eigenvalue weighted by atomic mass is 35.5. The smallest absolute Gasteiger partial charge is 0.244 e. The molecule has 2 amide bonds. The van der Waals surface area contributed by atoms with Gasteiger partial charge in [-0.3, -0.25) is 13.9 Å². The van der Waals surface area contributed by atoms with E-state index < -0.39 is 34.4 Å². The van der Waals surface area contributed by atoms with Gasteiger partial charge in [0.1, 0.15) is 12.6 Å². The Morgan fingerprint density at radius 1 is 1.03 bits per heavy atom. The highest BCUT2D eigenvalue weighted by molar-refractivity contribution is 7.92. The van der Waals surface area contributed by atoms with Gasteiger partial charge < -0.3 is 10.2 Å². The Balaban J connectivity index is 2.42. The average molecular weight is 472 g/mol. The van der Waals surface area contributed by atoms with E-state index >= 15 is 0 Å². The molecule has 1 atom stereocenters. The van der Waals surface area contributed by atoms with Gasteiger partial charge in [-0.15, -0.1) is 0 Å². The molecular formula is C20H23Cl2N3O4S. The van der Waals surface area contributed by atoms with Crippen LogP contribution in [0, 0.1) is 0 Å². The Morgan fingerprint density at radius 2 is 1.60 bits per heavy atom. The quantitative estimate of drug-likeness (QED) is 0.640. The summed E-state index contributed by atoms with van der Waals surface area (Å²) in [5.41, 5.74) is 0.812. The molecule has 0 aromatic heterocycles. The van der Waals surface area contributed by atoms with E-state index in [0.29, 0.717) is 21.3 Å². The maximum atomic E-state index is 13.2. The molecule has 0 radical (unpaired) electrons. The summed E-state index contributed by atoms with van der Waals surface area (Å²) < 4.78 is 25.7. The molecule has 2 aromatic carbocycles. The highest BCUT2D eigenvalue weighted by Gasteiger charge is 2.30. The van der Waals surface area contributed by atoms with Crippen LogP contribution in [0.25, 0.3) is 0 Å². The lowest BCUT2D eigenvalue weighted by Gasteiger charge is -2.31. The van der Waals surface area contributed by atoms with Gasteiger partial charge in [-0.05, 0) is 31.2 Å². The molecule has 2 rings (SSSR count). The topological polar surface area (TPSA) is 86.8 Å². The number of benzene rings is 2. The van der Waals surface area contributed by atoms with Crippen molar-refractivity contribution in [2.45, 2.75) is 19.5 Å². The number of halogens is 2. The third-order valence-electron chi connectivity index (χ3n) is 4.53. The van der Waals surface area contributed by atoms with Crippen LogP contribution < -0.4 is 9.62 Å². The van der Waals surface area contributed by atoms with Crippen molar-refractivity contribution in [3.05, 3.63) is 64.1 Å². The lowest BCUT2D eigenvalue weighted by Crippen LogP contribution is -2.50. The molecule has 0 saturated carbocycles. The van der Waals surface area contributed by atoms with Crippen LogP contribution in [-0.2, 0) is 26.2 Å². The zero-order chi connectivity index (χ0) is 22.5. The Hall–Kier alpha value is -2.29. The van der Waals surface area contributed by atoms with Gasteiger partial charge in [0, 0.05) is 29.2 Å². The molecule has 0 aliphatic heterocycles. The van der Waals surface area contributed by atoms with E-state index in [2.05, 4.69) is 5.32 Å². The molecule has 162 valence electrons.